The highest BCUT2D eigenvalue weighted by Crippen LogP contribution is 2.34. The fraction of sp³-hybridized carbons (Fsp3) is 0.675. The molecule has 13 heteroatoms. The maximum Gasteiger partial charge on any atom is 0.315 e. The summed E-state index contributed by atoms with van der Waals surface area (Å²) in [6.07, 6.45) is 10.9. The highest BCUT2D eigenvalue weighted by molar-refractivity contribution is 7.89. The molecule has 1 aromatic carbocycles. The Hall–Kier alpha value is -3.58. The van der Waals surface area contributed by atoms with Gasteiger partial charge in [0.2, 0.25) is 21.7 Å². The second kappa shape index (κ2) is 19.1. The van der Waals surface area contributed by atoms with Crippen LogP contribution in [0.3, 0.4) is 0 Å². The number of nitrogens with zero attached hydrogens (tertiary/aromatic N) is 1. The maximum absolute atomic E-state index is 14.2. The molecule has 12 nitrogen and oxygen atoms in total. The lowest BCUT2D eigenvalue weighted by molar-refractivity contribution is -0.140. The van der Waals surface area contributed by atoms with Crippen molar-refractivity contribution in [1.82, 2.24) is 25.6 Å². The van der Waals surface area contributed by atoms with Crippen LogP contribution in [-0.2, 0) is 35.7 Å². The summed E-state index contributed by atoms with van der Waals surface area (Å²) in [4.78, 5) is 67.0. The molecule has 1 aliphatic heterocycles. The van der Waals surface area contributed by atoms with Gasteiger partial charge < -0.3 is 21.3 Å². The predicted octanol–water partition coefficient (Wildman–Crippen LogP) is 5.17. The number of carbonyl (C=O) groups excluding carboxylic acids is 5. The maximum atomic E-state index is 14.2. The lowest BCUT2D eigenvalue weighted by Gasteiger charge is -2.36. The van der Waals surface area contributed by atoms with E-state index in [4.69, 9.17) is 0 Å². The van der Waals surface area contributed by atoms with Gasteiger partial charge in [0, 0.05) is 37.5 Å². The molecule has 53 heavy (non-hydrogen) atoms. The van der Waals surface area contributed by atoms with Crippen LogP contribution in [0.15, 0.2) is 41.8 Å². The number of hydrogen-bond donors (Lipinski definition) is 4. The van der Waals surface area contributed by atoms with E-state index in [2.05, 4.69) is 27.8 Å². The van der Waals surface area contributed by atoms with E-state index < -0.39 is 57.2 Å². The van der Waals surface area contributed by atoms with E-state index in [1.807, 2.05) is 39.8 Å². The Morgan fingerprint density at radius 3 is 2.25 bits per heavy atom. The number of hydrogen-bond acceptors (Lipinski definition) is 7. The van der Waals surface area contributed by atoms with Crippen LogP contribution in [0.2, 0.25) is 0 Å². The first-order valence-electron chi connectivity index (χ1n) is 19.6. The number of ketones is 2. The summed E-state index contributed by atoms with van der Waals surface area (Å²) in [5.74, 6) is -2.47. The highest BCUT2D eigenvalue weighted by Gasteiger charge is 2.41. The van der Waals surface area contributed by atoms with Crippen LogP contribution in [-0.4, -0.2) is 73.4 Å². The minimum Gasteiger partial charge on any atom is -0.346 e. The first-order valence-corrected chi connectivity index (χ1v) is 21.0. The molecule has 2 aliphatic carbocycles. The number of fused-ring (bicyclic) bond motifs is 1. The number of rotatable bonds is 16. The van der Waals surface area contributed by atoms with Crippen molar-refractivity contribution in [1.29, 1.82) is 0 Å². The third-order valence-electron chi connectivity index (χ3n) is 11.2. The van der Waals surface area contributed by atoms with Crippen LogP contribution in [0.1, 0.15) is 117 Å². The van der Waals surface area contributed by atoms with E-state index in [-0.39, 0.29) is 43.2 Å². The lowest BCUT2D eigenvalue weighted by Crippen LogP contribution is -2.57. The summed E-state index contributed by atoms with van der Waals surface area (Å²) >= 11 is 0. The van der Waals surface area contributed by atoms with Crippen molar-refractivity contribution in [3.05, 3.63) is 42.5 Å². The molecule has 3 aliphatic rings. The van der Waals surface area contributed by atoms with Gasteiger partial charge in [-0.05, 0) is 67.9 Å². The van der Waals surface area contributed by atoms with Crippen LogP contribution in [0.25, 0.3) is 0 Å². The molecule has 0 radical (unpaired) electrons. The van der Waals surface area contributed by atoms with Gasteiger partial charge in [-0.3, -0.25) is 19.2 Å². The van der Waals surface area contributed by atoms with Crippen molar-refractivity contribution in [2.45, 2.75) is 141 Å². The number of nitrogens with one attached hydrogen (secondary N) is 4. The van der Waals surface area contributed by atoms with Gasteiger partial charge in [0.25, 0.3) is 5.91 Å². The normalized spacial score (nSPS) is 22.3. The van der Waals surface area contributed by atoms with E-state index in [0.717, 1.165) is 44.1 Å². The summed E-state index contributed by atoms with van der Waals surface area (Å²) in [6.45, 7) is 11.8. The number of amides is 4. The fourth-order valence-electron chi connectivity index (χ4n) is 8.05. The molecule has 4 N–H and O–H groups in total. The van der Waals surface area contributed by atoms with Gasteiger partial charge in [0.1, 0.15) is 0 Å². The molecule has 1 aromatic rings. The number of Topliss-reactive ketones (excluding diaryl/α,β-unsaturated/α-hetero) is 2. The number of sulfonamides is 1. The summed E-state index contributed by atoms with van der Waals surface area (Å²) in [7, 11) is -3.69. The molecular weight excluding hydrogens is 695 g/mol. The lowest BCUT2D eigenvalue weighted by atomic mass is 9.78. The second-order valence-corrected chi connectivity index (χ2v) is 18.1. The van der Waals surface area contributed by atoms with Crippen molar-refractivity contribution in [3.8, 4) is 0 Å². The van der Waals surface area contributed by atoms with Crippen LogP contribution >= 0.6 is 0 Å². The number of unbranched alkanes of at least 4 members (excludes halogenated alkanes) is 1. The minimum atomic E-state index is -3.69. The van der Waals surface area contributed by atoms with Crippen molar-refractivity contribution >= 4 is 39.4 Å². The Morgan fingerprint density at radius 1 is 0.906 bits per heavy atom. The zero-order valence-electron chi connectivity index (χ0n) is 32.1. The van der Waals surface area contributed by atoms with E-state index in [1.165, 1.54) is 10.4 Å². The minimum absolute atomic E-state index is 0.0876. The highest BCUT2D eigenvalue weighted by atomic mass is 32.2. The summed E-state index contributed by atoms with van der Waals surface area (Å²) in [6, 6.07) is 4.35. The van der Waals surface area contributed by atoms with Gasteiger partial charge >= 0.3 is 6.03 Å². The monoisotopic (exact) mass is 755 g/mol. The summed E-state index contributed by atoms with van der Waals surface area (Å²) < 4.78 is 28.3. The number of urea groups is 1. The van der Waals surface area contributed by atoms with Crippen molar-refractivity contribution in [3.63, 3.8) is 0 Å². The third-order valence-corrected chi connectivity index (χ3v) is 13.1. The number of carbonyl (C=O) groups is 5. The molecule has 0 bridgehead atoms. The van der Waals surface area contributed by atoms with Crippen LogP contribution < -0.4 is 21.3 Å². The van der Waals surface area contributed by atoms with Gasteiger partial charge in [-0.15, -0.1) is 6.58 Å². The molecule has 5 atom stereocenters. The summed E-state index contributed by atoms with van der Waals surface area (Å²) in [5, 5.41) is 11.4. The molecule has 4 rings (SSSR count). The molecule has 2 unspecified atom stereocenters. The predicted molar refractivity (Wildman–Crippen MR) is 204 cm³/mol. The third kappa shape index (κ3) is 11.2. The Morgan fingerprint density at radius 2 is 1.58 bits per heavy atom. The second-order valence-electron chi connectivity index (χ2n) is 16.2. The van der Waals surface area contributed by atoms with Gasteiger partial charge in [-0.1, -0.05) is 90.5 Å². The standard InChI is InChI=1S/C40H61N5O7S/c1-6-8-20-31(35(47)38(49)41-24-7-2)42-37(48)29-19-14-18-28(22-23-29)34(46)36(40(3,4)5)44-39(50)43-32(27-15-10-9-11-16-27)26-45-25-30-17-12-13-21-33(30)53(45,51)52/h7,12-13,17,21,27-29,31-32,36H,2,6,8-11,14-16,18-20,22-26H2,1,3-5H3,(H,41,49)(H,42,48)(H2,43,44,50)/t28?,29-,31?,32-,36-/m1/s1. The van der Waals surface area contributed by atoms with Gasteiger partial charge in [0.15, 0.2) is 5.78 Å². The first kappa shape index (κ1) is 42.2. The molecule has 1 heterocycles. The SMILES string of the molecule is C=CCNC(=O)C(=O)C(CCCC)NC(=O)[C@@H]1CCCC(C(=O)[C@@H](NC(=O)N[C@H](CN2Cc3ccccc3S2(=O)=O)C2CCCCC2)C(C)(C)C)CC1. The van der Waals surface area contributed by atoms with Crippen molar-refractivity contribution < 1.29 is 32.4 Å². The van der Waals surface area contributed by atoms with Gasteiger partial charge in [-0.25, -0.2) is 13.2 Å². The molecule has 0 spiro atoms. The molecule has 4 amide bonds. The Labute approximate surface area is 316 Å². The fourth-order valence-corrected chi connectivity index (χ4v) is 9.71. The van der Waals surface area contributed by atoms with Gasteiger partial charge in [0.05, 0.1) is 17.0 Å². The van der Waals surface area contributed by atoms with Gasteiger partial charge in [-0.2, -0.15) is 4.31 Å². The molecular formula is C40H61N5O7S. The van der Waals surface area contributed by atoms with Crippen LogP contribution in [0.4, 0.5) is 4.79 Å². The van der Waals surface area contributed by atoms with Crippen molar-refractivity contribution in [2.24, 2.45) is 23.2 Å². The average molecular weight is 756 g/mol. The average Bonchev–Trinajstić information content (AvgIpc) is 3.26. The molecule has 294 valence electrons. The zero-order chi connectivity index (χ0) is 38.8. The molecule has 0 saturated heterocycles. The number of benzene rings is 1. The summed E-state index contributed by atoms with van der Waals surface area (Å²) in [5.41, 5.74) is 0.133. The van der Waals surface area contributed by atoms with E-state index in [9.17, 15) is 32.4 Å². The Bertz CT molecular complexity index is 1580. The largest absolute Gasteiger partial charge is 0.346 e. The van der Waals surface area contributed by atoms with E-state index in [0.29, 0.717) is 49.8 Å². The topological polar surface area (TPSA) is 171 Å². The van der Waals surface area contributed by atoms with E-state index in [1.54, 1.807) is 12.1 Å². The quantitative estimate of drug-likeness (QED) is 0.103. The van der Waals surface area contributed by atoms with Crippen LogP contribution in [0, 0.1) is 23.2 Å². The van der Waals surface area contributed by atoms with Crippen LogP contribution in [0.5, 0.6) is 0 Å². The molecule has 2 fully saturated rings. The van der Waals surface area contributed by atoms with Crippen molar-refractivity contribution in [2.75, 3.05) is 13.1 Å². The van der Waals surface area contributed by atoms with E-state index >= 15 is 0 Å². The Kier molecular flexibility index (Phi) is 15.2. The first-order chi connectivity index (χ1) is 25.2. The Balaban J connectivity index is 1.40. The zero-order valence-corrected chi connectivity index (χ0v) is 32.9. The molecule has 0 aromatic heterocycles. The molecule has 2 saturated carbocycles. The smallest absolute Gasteiger partial charge is 0.315 e.